The van der Waals surface area contributed by atoms with Crippen molar-refractivity contribution < 1.29 is 14.3 Å². The largest absolute Gasteiger partial charge is 0.483 e. The van der Waals surface area contributed by atoms with Crippen LogP contribution in [0, 0.1) is 13.8 Å². The molecule has 0 aliphatic carbocycles. The molecule has 0 aliphatic heterocycles. The first kappa shape index (κ1) is 18.0. The number of nitrogens with one attached hydrogen (secondary N) is 2. The Morgan fingerprint density at radius 3 is 2.46 bits per heavy atom. The monoisotopic (exact) mass is 390 g/mol. The SMILES string of the molecule is CC(=O)Nc1ccc(Br)cc1NC(=O)COc1ccc(C)cc1C. The topological polar surface area (TPSA) is 67.4 Å². The molecule has 0 aliphatic rings. The van der Waals surface area contributed by atoms with Gasteiger partial charge < -0.3 is 15.4 Å². The molecule has 0 fully saturated rings. The maximum Gasteiger partial charge on any atom is 0.262 e. The molecule has 2 aromatic carbocycles. The van der Waals surface area contributed by atoms with Gasteiger partial charge in [0.05, 0.1) is 11.4 Å². The second-order valence-electron chi connectivity index (χ2n) is 5.48. The first-order valence-electron chi connectivity index (χ1n) is 7.42. The minimum Gasteiger partial charge on any atom is -0.483 e. The lowest BCUT2D eigenvalue weighted by atomic mass is 10.1. The summed E-state index contributed by atoms with van der Waals surface area (Å²) in [7, 11) is 0. The van der Waals surface area contributed by atoms with Gasteiger partial charge in [-0.15, -0.1) is 0 Å². The van der Waals surface area contributed by atoms with E-state index in [4.69, 9.17) is 4.74 Å². The van der Waals surface area contributed by atoms with Crippen molar-refractivity contribution in [2.75, 3.05) is 17.2 Å². The number of ether oxygens (including phenoxy) is 1. The zero-order valence-electron chi connectivity index (χ0n) is 13.8. The highest BCUT2D eigenvalue weighted by molar-refractivity contribution is 9.10. The molecule has 0 saturated carbocycles. The number of hydrogen-bond acceptors (Lipinski definition) is 3. The standard InChI is InChI=1S/C18H19BrN2O3/c1-11-4-7-17(12(2)8-11)24-10-18(23)21-16-9-14(19)5-6-15(16)20-13(3)22/h4-9H,10H2,1-3H3,(H,20,22)(H,21,23). The van der Waals surface area contributed by atoms with Crippen molar-refractivity contribution in [3.63, 3.8) is 0 Å². The van der Waals surface area contributed by atoms with Crippen molar-refractivity contribution in [1.82, 2.24) is 0 Å². The van der Waals surface area contributed by atoms with Gasteiger partial charge in [0.1, 0.15) is 5.75 Å². The molecule has 6 heteroatoms. The van der Waals surface area contributed by atoms with E-state index in [-0.39, 0.29) is 18.4 Å². The molecule has 126 valence electrons. The summed E-state index contributed by atoms with van der Waals surface area (Å²) in [4.78, 5) is 23.4. The molecule has 0 spiro atoms. The molecule has 0 unspecified atom stereocenters. The highest BCUT2D eigenvalue weighted by Gasteiger charge is 2.10. The van der Waals surface area contributed by atoms with Crippen LogP contribution in [0.25, 0.3) is 0 Å². The summed E-state index contributed by atoms with van der Waals surface area (Å²) >= 11 is 3.35. The van der Waals surface area contributed by atoms with Crippen LogP contribution in [0.1, 0.15) is 18.1 Å². The van der Waals surface area contributed by atoms with E-state index in [0.717, 1.165) is 15.6 Å². The van der Waals surface area contributed by atoms with Gasteiger partial charge in [0.25, 0.3) is 5.91 Å². The van der Waals surface area contributed by atoms with Crippen molar-refractivity contribution >= 4 is 39.1 Å². The molecule has 0 aromatic heterocycles. The Hall–Kier alpha value is -2.34. The maximum absolute atomic E-state index is 12.1. The number of carbonyl (C=O) groups is 2. The van der Waals surface area contributed by atoms with Gasteiger partial charge in [-0.1, -0.05) is 33.6 Å². The number of rotatable bonds is 5. The predicted molar refractivity (Wildman–Crippen MR) is 98.5 cm³/mol. The van der Waals surface area contributed by atoms with Crippen molar-refractivity contribution in [1.29, 1.82) is 0 Å². The van der Waals surface area contributed by atoms with E-state index in [1.807, 2.05) is 32.0 Å². The van der Waals surface area contributed by atoms with Gasteiger partial charge >= 0.3 is 0 Å². The zero-order valence-corrected chi connectivity index (χ0v) is 15.4. The van der Waals surface area contributed by atoms with E-state index in [9.17, 15) is 9.59 Å². The zero-order chi connectivity index (χ0) is 17.7. The summed E-state index contributed by atoms with van der Waals surface area (Å²) in [6, 6.07) is 11.0. The van der Waals surface area contributed by atoms with Crippen LogP contribution < -0.4 is 15.4 Å². The lowest BCUT2D eigenvalue weighted by molar-refractivity contribution is -0.118. The highest BCUT2D eigenvalue weighted by Crippen LogP contribution is 2.26. The van der Waals surface area contributed by atoms with Gasteiger partial charge in [-0.05, 0) is 43.7 Å². The van der Waals surface area contributed by atoms with Crippen LogP contribution in [-0.2, 0) is 9.59 Å². The molecule has 0 heterocycles. The Kier molecular flexibility index (Phi) is 5.98. The van der Waals surface area contributed by atoms with Crippen molar-refractivity contribution in [3.05, 3.63) is 52.0 Å². The van der Waals surface area contributed by atoms with Gasteiger partial charge in [-0.25, -0.2) is 0 Å². The number of anilines is 2. The van der Waals surface area contributed by atoms with Crippen LogP contribution in [0.15, 0.2) is 40.9 Å². The molecular formula is C18H19BrN2O3. The summed E-state index contributed by atoms with van der Waals surface area (Å²) < 4.78 is 6.36. The molecule has 2 rings (SSSR count). The quantitative estimate of drug-likeness (QED) is 0.809. The van der Waals surface area contributed by atoms with E-state index in [1.165, 1.54) is 6.92 Å². The fourth-order valence-electron chi connectivity index (χ4n) is 2.21. The van der Waals surface area contributed by atoms with E-state index in [1.54, 1.807) is 18.2 Å². The molecule has 24 heavy (non-hydrogen) atoms. The number of halogens is 1. The molecule has 2 amide bonds. The Balaban J connectivity index is 2.04. The van der Waals surface area contributed by atoms with Crippen molar-refractivity contribution in [2.45, 2.75) is 20.8 Å². The summed E-state index contributed by atoms with van der Waals surface area (Å²) in [5.41, 5.74) is 3.15. The maximum atomic E-state index is 12.1. The predicted octanol–water partition coefficient (Wildman–Crippen LogP) is 4.04. The highest BCUT2D eigenvalue weighted by atomic mass is 79.9. The van der Waals surface area contributed by atoms with Crippen molar-refractivity contribution in [2.24, 2.45) is 0 Å². The minimum atomic E-state index is -0.306. The van der Waals surface area contributed by atoms with Gasteiger partial charge in [-0.2, -0.15) is 0 Å². The second-order valence-corrected chi connectivity index (χ2v) is 6.39. The van der Waals surface area contributed by atoms with Gasteiger partial charge in [0, 0.05) is 11.4 Å². The van der Waals surface area contributed by atoms with E-state index in [0.29, 0.717) is 17.1 Å². The summed E-state index contributed by atoms with van der Waals surface area (Å²) in [6.07, 6.45) is 0. The normalized spacial score (nSPS) is 10.2. The molecule has 0 atom stereocenters. The minimum absolute atomic E-state index is 0.115. The molecular weight excluding hydrogens is 372 g/mol. The van der Waals surface area contributed by atoms with Gasteiger partial charge in [0.15, 0.2) is 6.61 Å². The van der Waals surface area contributed by atoms with Crippen LogP contribution in [0.5, 0.6) is 5.75 Å². The Morgan fingerprint density at radius 2 is 1.79 bits per heavy atom. The Bertz CT molecular complexity index is 775. The fourth-order valence-corrected chi connectivity index (χ4v) is 2.57. The van der Waals surface area contributed by atoms with Crippen LogP contribution in [-0.4, -0.2) is 18.4 Å². The molecule has 5 nitrogen and oxygen atoms in total. The van der Waals surface area contributed by atoms with E-state index in [2.05, 4.69) is 26.6 Å². The molecule has 0 saturated heterocycles. The molecule has 2 N–H and O–H groups in total. The summed E-state index contributed by atoms with van der Waals surface area (Å²) in [6.45, 7) is 5.23. The molecule has 0 radical (unpaired) electrons. The Morgan fingerprint density at radius 1 is 1.04 bits per heavy atom. The first-order valence-corrected chi connectivity index (χ1v) is 8.21. The van der Waals surface area contributed by atoms with Gasteiger partial charge in [-0.3, -0.25) is 9.59 Å². The molecule has 0 bridgehead atoms. The summed E-state index contributed by atoms with van der Waals surface area (Å²) in [5, 5.41) is 5.43. The van der Waals surface area contributed by atoms with Gasteiger partial charge in [0.2, 0.25) is 5.91 Å². The summed E-state index contributed by atoms with van der Waals surface area (Å²) in [5.74, 6) is 0.158. The number of benzene rings is 2. The smallest absolute Gasteiger partial charge is 0.262 e. The number of hydrogen-bond donors (Lipinski definition) is 2. The van der Waals surface area contributed by atoms with Crippen LogP contribution in [0.2, 0.25) is 0 Å². The second kappa shape index (κ2) is 7.97. The lowest BCUT2D eigenvalue weighted by Crippen LogP contribution is -2.21. The third kappa shape index (κ3) is 5.09. The van der Waals surface area contributed by atoms with Crippen molar-refractivity contribution in [3.8, 4) is 5.75 Å². The van der Waals surface area contributed by atoms with Crippen LogP contribution in [0.4, 0.5) is 11.4 Å². The third-order valence-corrected chi connectivity index (χ3v) is 3.75. The third-order valence-electron chi connectivity index (χ3n) is 3.26. The first-order chi connectivity index (χ1) is 11.3. The average molecular weight is 391 g/mol. The lowest BCUT2D eigenvalue weighted by Gasteiger charge is -2.13. The number of aryl methyl sites for hydroxylation is 2. The molecule has 2 aromatic rings. The fraction of sp³-hybridized carbons (Fsp3) is 0.222. The van der Waals surface area contributed by atoms with Crippen LogP contribution in [0.3, 0.4) is 0 Å². The average Bonchev–Trinajstić information content (AvgIpc) is 2.49. The Labute approximate surface area is 149 Å². The van der Waals surface area contributed by atoms with E-state index >= 15 is 0 Å². The van der Waals surface area contributed by atoms with E-state index < -0.39 is 0 Å². The number of amides is 2. The number of carbonyl (C=O) groups excluding carboxylic acids is 2. The van der Waals surface area contributed by atoms with Crippen LogP contribution >= 0.6 is 15.9 Å².